The molecule has 0 aromatic heterocycles. The van der Waals surface area contributed by atoms with E-state index in [2.05, 4.69) is 12.2 Å². The Morgan fingerprint density at radius 2 is 2.31 bits per heavy atom. The molecule has 1 heterocycles. The van der Waals surface area contributed by atoms with Crippen LogP contribution in [0.15, 0.2) is 0 Å². The van der Waals surface area contributed by atoms with Crippen LogP contribution in [0.5, 0.6) is 0 Å². The maximum absolute atomic E-state index is 11.6. The van der Waals surface area contributed by atoms with Gasteiger partial charge in [-0.2, -0.15) is 0 Å². The lowest BCUT2D eigenvalue weighted by Gasteiger charge is -2.39. The number of aliphatic carboxylic acids is 1. The first-order valence-electron chi connectivity index (χ1n) is 5.81. The topological polar surface area (TPSA) is 69.6 Å². The van der Waals surface area contributed by atoms with Crippen molar-refractivity contribution >= 4 is 11.9 Å². The maximum Gasteiger partial charge on any atom is 0.305 e. The van der Waals surface area contributed by atoms with Gasteiger partial charge in [-0.15, -0.1) is 0 Å². The summed E-state index contributed by atoms with van der Waals surface area (Å²) >= 11 is 0. The first-order chi connectivity index (χ1) is 7.56. The predicted octanol–water partition coefficient (Wildman–Crippen LogP) is 0.450. The average Bonchev–Trinajstić information content (AvgIpc) is 2.22. The number of unbranched alkanes of at least 4 members (excludes halogenated alkanes) is 1. The molecule has 1 saturated heterocycles. The molecular formula is C11H20N2O3. The van der Waals surface area contributed by atoms with Crippen LogP contribution in [0.1, 0.15) is 33.1 Å². The summed E-state index contributed by atoms with van der Waals surface area (Å²) in [6.07, 6.45) is 1.93. The number of rotatable bonds is 5. The summed E-state index contributed by atoms with van der Waals surface area (Å²) in [5.41, 5.74) is 0. The molecule has 0 aliphatic carbocycles. The average molecular weight is 228 g/mol. The van der Waals surface area contributed by atoms with Gasteiger partial charge in [0, 0.05) is 12.6 Å². The molecule has 1 amide bonds. The van der Waals surface area contributed by atoms with Crippen molar-refractivity contribution in [1.29, 1.82) is 0 Å². The van der Waals surface area contributed by atoms with Gasteiger partial charge in [-0.25, -0.2) is 0 Å². The highest BCUT2D eigenvalue weighted by molar-refractivity contribution is 5.86. The zero-order valence-corrected chi connectivity index (χ0v) is 9.90. The standard InChI is InChI=1S/C11H20N2O3/c1-3-4-5-13-8(2)7-12-11(16)9(13)6-10(14)15/h8-9H,3-7H2,1-2H3,(H,12,16)(H,14,15). The molecule has 0 radical (unpaired) electrons. The van der Waals surface area contributed by atoms with Crippen molar-refractivity contribution < 1.29 is 14.7 Å². The van der Waals surface area contributed by atoms with Crippen LogP contribution in [0.3, 0.4) is 0 Å². The third-order valence-corrected chi connectivity index (χ3v) is 2.98. The van der Waals surface area contributed by atoms with Gasteiger partial charge in [-0.05, 0) is 19.9 Å². The molecule has 1 rings (SSSR count). The monoisotopic (exact) mass is 228 g/mol. The Bertz CT molecular complexity index is 268. The summed E-state index contributed by atoms with van der Waals surface area (Å²) in [6, 6.07) is -0.290. The van der Waals surface area contributed by atoms with Crippen molar-refractivity contribution in [3.05, 3.63) is 0 Å². The van der Waals surface area contributed by atoms with Gasteiger partial charge in [0.1, 0.15) is 0 Å². The lowest BCUT2D eigenvalue weighted by molar-refractivity contribution is -0.144. The molecule has 0 spiro atoms. The molecule has 5 heteroatoms. The van der Waals surface area contributed by atoms with E-state index in [9.17, 15) is 9.59 Å². The largest absolute Gasteiger partial charge is 0.481 e. The number of piperazine rings is 1. The highest BCUT2D eigenvalue weighted by Gasteiger charge is 2.34. The first kappa shape index (κ1) is 13.0. The van der Waals surface area contributed by atoms with Crippen molar-refractivity contribution in [3.63, 3.8) is 0 Å². The van der Waals surface area contributed by atoms with Crippen molar-refractivity contribution in [1.82, 2.24) is 10.2 Å². The molecule has 1 aliphatic heterocycles. The Kier molecular flexibility index (Phi) is 4.73. The van der Waals surface area contributed by atoms with Gasteiger partial charge < -0.3 is 10.4 Å². The van der Waals surface area contributed by atoms with Crippen LogP contribution in [-0.2, 0) is 9.59 Å². The minimum atomic E-state index is -0.921. The van der Waals surface area contributed by atoms with Crippen molar-refractivity contribution in [2.24, 2.45) is 0 Å². The Hall–Kier alpha value is -1.10. The number of carboxylic acid groups (broad SMARTS) is 1. The zero-order chi connectivity index (χ0) is 12.1. The second-order valence-electron chi connectivity index (χ2n) is 4.30. The Morgan fingerprint density at radius 1 is 1.62 bits per heavy atom. The number of hydrogen-bond donors (Lipinski definition) is 2. The molecule has 16 heavy (non-hydrogen) atoms. The van der Waals surface area contributed by atoms with E-state index in [1.807, 2.05) is 11.8 Å². The maximum atomic E-state index is 11.6. The Morgan fingerprint density at radius 3 is 2.88 bits per heavy atom. The summed E-state index contributed by atoms with van der Waals surface area (Å²) in [5, 5.41) is 11.6. The number of carbonyl (C=O) groups is 2. The molecule has 2 atom stereocenters. The van der Waals surface area contributed by atoms with Gasteiger partial charge in [0.2, 0.25) is 5.91 Å². The van der Waals surface area contributed by atoms with E-state index in [1.165, 1.54) is 0 Å². The Balaban J connectivity index is 2.69. The fourth-order valence-corrected chi connectivity index (χ4v) is 2.03. The van der Waals surface area contributed by atoms with Crippen LogP contribution in [0.25, 0.3) is 0 Å². The van der Waals surface area contributed by atoms with E-state index < -0.39 is 12.0 Å². The summed E-state index contributed by atoms with van der Waals surface area (Å²) in [7, 11) is 0. The molecule has 0 bridgehead atoms. The van der Waals surface area contributed by atoms with Crippen LogP contribution in [0.4, 0.5) is 0 Å². The van der Waals surface area contributed by atoms with Crippen molar-refractivity contribution in [2.45, 2.75) is 45.2 Å². The molecule has 2 unspecified atom stereocenters. The van der Waals surface area contributed by atoms with E-state index >= 15 is 0 Å². The van der Waals surface area contributed by atoms with Gasteiger partial charge in [0.05, 0.1) is 12.5 Å². The number of nitrogens with zero attached hydrogens (tertiary/aromatic N) is 1. The number of carboxylic acids is 1. The molecule has 0 aromatic rings. The minimum Gasteiger partial charge on any atom is -0.481 e. The minimum absolute atomic E-state index is 0.111. The van der Waals surface area contributed by atoms with Gasteiger partial charge >= 0.3 is 5.97 Å². The van der Waals surface area contributed by atoms with Crippen LogP contribution in [0.2, 0.25) is 0 Å². The SMILES string of the molecule is CCCCN1C(C)CNC(=O)C1CC(=O)O. The van der Waals surface area contributed by atoms with Crippen LogP contribution in [-0.4, -0.2) is 47.1 Å². The second-order valence-corrected chi connectivity index (χ2v) is 4.30. The highest BCUT2D eigenvalue weighted by atomic mass is 16.4. The fraction of sp³-hybridized carbons (Fsp3) is 0.818. The zero-order valence-electron chi connectivity index (χ0n) is 9.90. The number of hydrogen-bond acceptors (Lipinski definition) is 3. The number of carbonyl (C=O) groups excluding carboxylic acids is 1. The van der Waals surface area contributed by atoms with E-state index in [-0.39, 0.29) is 18.4 Å². The lowest BCUT2D eigenvalue weighted by Crippen LogP contribution is -2.60. The summed E-state index contributed by atoms with van der Waals surface area (Å²) in [6.45, 7) is 5.51. The molecule has 1 fully saturated rings. The summed E-state index contributed by atoms with van der Waals surface area (Å²) < 4.78 is 0. The quantitative estimate of drug-likeness (QED) is 0.717. The molecular weight excluding hydrogens is 208 g/mol. The van der Waals surface area contributed by atoms with Crippen molar-refractivity contribution in [2.75, 3.05) is 13.1 Å². The number of nitrogens with one attached hydrogen (secondary N) is 1. The molecule has 0 aromatic carbocycles. The third-order valence-electron chi connectivity index (χ3n) is 2.98. The first-order valence-corrected chi connectivity index (χ1v) is 5.81. The van der Waals surface area contributed by atoms with Gasteiger partial charge in [-0.1, -0.05) is 13.3 Å². The molecule has 92 valence electrons. The molecule has 2 N–H and O–H groups in total. The van der Waals surface area contributed by atoms with Gasteiger partial charge in [0.25, 0.3) is 0 Å². The van der Waals surface area contributed by atoms with Gasteiger partial charge in [0.15, 0.2) is 0 Å². The highest BCUT2D eigenvalue weighted by Crippen LogP contribution is 2.15. The van der Waals surface area contributed by atoms with E-state index in [4.69, 9.17) is 5.11 Å². The normalized spacial score (nSPS) is 26.5. The van der Waals surface area contributed by atoms with Crippen LogP contribution < -0.4 is 5.32 Å². The number of amides is 1. The summed E-state index contributed by atoms with van der Waals surface area (Å²) in [5.74, 6) is -1.08. The molecule has 0 saturated carbocycles. The second kappa shape index (κ2) is 5.84. The van der Waals surface area contributed by atoms with E-state index in [1.54, 1.807) is 0 Å². The smallest absolute Gasteiger partial charge is 0.305 e. The van der Waals surface area contributed by atoms with Crippen LogP contribution in [0, 0.1) is 0 Å². The molecule has 1 aliphatic rings. The molecule has 5 nitrogen and oxygen atoms in total. The van der Waals surface area contributed by atoms with Crippen LogP contribution >= 0.6 is 0 Å². The van der Waals surface area contributed by atoms with Crippen molar-refractivity contribution in [3.8, 4) is 0 Å². The summed E-state index contributed by atoms with van der Waals surface area (Å²) in [4.78, 5) is 24.4. The predicted molar refractivity (Wildman–Crippen MR) is 60.1 cm³/mol. The Labute approximate surface area is 95.8 Å². The van der Waals surface area contributed by atoms with E-state index in [0.29, 0.717) is 6.54 Å². The third kappa shape index (κ3) is 3.20. The lowest BCUT2D eigenvalue weighted by atomic mass is 10.0. The van der Waals surface area contributed by atoms with Gasteiger partial charge in [-0.3, -0.25) is 14.5 Å². The fourth-order valence-electron chi connectivity index (χ4n) is 2.03. The van der Waals surface area contributed by atoms with E-state index in [0.717, 1.165) is 19.4 Å².